The lowest BCUT2D eigenvalue weighted by Crippen LogP contribution is -2.15. The van der Waals surface area contributed by atoms with Gasteiger partial charge in [0.15, 0.2) is 5.85 Å². The summed E-state index contributed by atoms with van der Waals surface area (Å²) in [5, 5.41) is 11.2. The van der Waals surface area contributed by atoms with Gasteiger partial charge in [0.1, 0.15) is 5.75 Å². The van der Waals surface area contributed by atoms with Crippen LogP contribution in [0.25, 0.3) is 0 Å². The number of rotatable bonds is 6. The van der Waals surface area contributed by atoms with Gasteiger partial charge in [0, 0.05) is 37.8 Å². The molecular weight excluding hydrogens is 313 g/mol. The highest BCUT2D eigenvalue weighted by Crippen LogP contribution is 2.58. The highest BCUT2D eigenvalue weighted by Gasteiger charge is 2.36. The number of anilines is 1. The molecule has 0 unspecified atom stereocenters. The normalized spacial score (nSPS) is 14.8. The Balaban J connectivity index is 2.45. The second-order valence-corrected chi connectivity index (χ2v) is 7.87. The quantitative estimate of drug-likeness (QED) is 0.823. The number of nitrogens with zero attached hydrogens (tertiary/aromatic N) is 1. The fourth-order valence-corrected chi connectivity index (χ4v) is 4.20. The van der Waals surface area contributed by atoms with Gasteiger partial charge < -0.3 is 19.3 Å². The standard InChI is InChI=1S/C17H22NO4P/c1-18(2)13-9-11-14(12-10-13)23(20,22-4)17(19)15-7-5-6-8-16(15)21-3/h5-12,17,19H,1-4H3/t17-,23-/m0/s1. The Hall–Kier alpha value is -1.81. The third kappa shape index (κ3) is 3.42. The van der Waals surface area contributed by atoms with E-state index >= 15 is 0 Å². The fraction of sp³-hybridized carbons (Fsp3) is 0.294. The molecule has 1 N–H and O–H groups in total. The summed E-state index contributed by atoms with van der Waals surface area (Å²) in [6.45, 7) is 0. The Labute approximate surface area is 136 Å². The Bertz CT molecular complexity index is 700. The summed E-state index contributed by atoms with van der Waals surface area (Å²) in [5.41, 5.74) is 1.42. The molecule has 2 atom stereocenters. The molecule has 0 fully saturated rings. The highest BCUT2D eigenvalue weighted by molar-refractivity contribution is 7.67. The molecule has 0 aliphatic heterocycles. The summed E-state index contributed by atoms with van der Waals surface area (Å²) in [5.74, 6) is -0.823. The van der Waals surface area contributed by atoms with E-state index in [4.69, 9.17) is 9.26 Å². The van der Waals surface area contributed by atoms with E-state index in [0.717, 1.165) is 5.69 Å². The van der Waals surface area contributed by atoms with E-state index in [9.17, 15) is 9.67 Å². The Morgan fingerprint density at radius 3 is 2.17 bits per heavy atom. The summed E-state index contributed by atoms with van der Waals surface area (Å²) in [6.07, 6.45) is 0. The Morgan fingerprint density at radius 2 is 1.65 bits per heavy atom. The molecular formula is C17H22NO4P. The maximum absolute atomic E-state index is 13.3. The number of benzene rings is 2. The van der Waals surface area contributed by atoms with Crippen LogP contribution in [0, 0.1) is 0 Å². The topological polar surface area (TPSA) is 59.0 Å². The molecule has 5 nitrogen and oxygen atoms in total. The molecule has 0 bridgehead atoms. The minimum Gasteiger partial charge on any atom is -0.496 e. The van der Waals surface area contributed by atoms with Gasteiger partial charge in [-0.1, -0.05) is 18.2 Å². The number of aliphatic hydroxyl groups is 1. The second-order valence-electron chi connectivity index (χ2n) is 5.31. The van der Waals surface area contributed by atoms with E-state index in [1.807, 2.05) is 31.1 Å². The fourth-order valence-electron chi connectivity index (χ4n) is 2.37. The van der Waals surface area contributed by atoms with Crippen molar-refractivity contribution in [2.45, 2.75) is 5.85 Å². The van der Waals surface area contributed by atoms with Crippen molar-refractivity contribution in [3.8, 4) is 5.75 Å². The van der Waals surface area contributed by atoms with Crippen molar-refractivity contribution in [3.63, 3.8) is 0 Å². The lowest BCUT2D eigenvalue weighted by atomic mass is 10.2. The molecule has 0 aliphatic rings. The lowest BCUT2D eigenvalue weighted by molar-refractivity contribution is 0.224. The van der Waals surface area contributed by atoms with Crippen LogP contribution in [0.1, 0.15) is 11.4 Å². The molecule has 6 heteroatoms. The molecule has 0 radical (unpaired) electrons. The van der Waals surface area contributed by atoms with E-state index in [1.54, 1.807) is 36.4 Å². The first kappa shape index (κ1) is 17.5. The van der Waals surface area contributed by atoms with Crippen molar-refractivity contribution in [1.29, 1.82) is 0 Å². The molecule has 0 saturated heterocycles. The summed E-state index contributed by atoms with van der Waals surface area (Å²) in [4.78, 5) is 1.94. The molecule has 2 rings (SSSR count). The van der Waals surface area contributed by atoms with Gasteiger partial charge in [0.2, 0.25) is 0 Å². The van der Waals surface area contributed by atoms with Crippen molar-refractivity contribution in [1.82, 2.24) is 0 Å². The molecule has 0 aliphatic carbocycles. The molecule has 2 aromatic rings. The predicted octanol–water partition coefficient (Wildman–Crippen LogP) is 3.00. The first-order valence-corrected chi connectivity index (χ1v) is 8.88. The monoisotopic (exact) mass is 335 g/mol. The average Bonchev–Trinajstić information content (AvgIpc) is 2.60. The zero-order valence-electron chi connectivity index (χ0n) is 13.8. The Morgan fingerprint density at radius 1 is 1.04 bits per heavy atom. The van der Waals surface area contributed by atoms with E-state index in [2.05, 4.69) is 0 Å². The molecule has 2 aromatic carbocycles. The van der Waals surface area contributed by atoms with Crippen LogP contribution in [0.4, 0.5) is 5.69 Å². The highest BCUT2D eigenvalue weighted by atomic mass is 31.2. The zero-order valence-corrected chi connectivity index (χ0v) is 14.7. The van der Waals surface area contributed by atoms with E-state index in [1.165, 1.54) is 14.2 Å². The van der Waals surface area contributed by atoms with Crippen molar-refractivity contribution >= 4 is 18.4 Å². The van der Waals surface area contributed by atoms with Crippen molar-refractivity contribution in [3.05, 3.63) is 54.1 Å². The minimum atomic E-state index is -3.50. The molecule has 23 heavy (non-hydrogen) atoms. The average molecular weight is 335 g/mol. The number of hydrogen-bond donors (Lipinski definition) is 1. The van der Waals surface area contributed by atoms with Gasteiger partial charge in [-0.05, 0) is 30.3 Å². The Kier molecular flexibility index (Phi) is 5.47. The molecule has 124 valence electrons. The van der Waals surface area contributed by atoms with E-state index in [-0.39, 0.29) is 0 Å². The van der Waals surface area contributed by atoms with Gasteiger partial charge >= 0.3 is 0 Å². The van der Waals surface area contributed by atoms with E-state index in [0.29, 0.717) is 16.6 Å². The van der Waals surface area contributed by atoms with Gasteiger partial charge in [-0.3, -0.25) is 4.57 Å². The zero-order chi connectivity index (χ0) is 17.0. The lowest BCUT2D eigenvalue weighted by Gasteiger charge is -2.24. The molecule has 0 amide bonds. The van der Waals surface area contributed by atoms with Gasteiger partial charge in [0.05, 0.1) is 7.11 Å². The minimum absolute atomic E-state index is 0.442. The smallest absolute Gasteiger partial charge is 0.264 e. The van der Waals surface area contributed by atoms with Crippen LogP contribution >= 0.6 is 7.37 Å². The molecule has 0 saturated carbocycles. The molecule has 0 aromatic heterocycles. The van der Waals surface area contributed by atoms with Crippen LogP contribution in [0.2, 0.25) is 0 Å². The molecule has 0 spiro atoms. The van der Waals surface area contributed by atoms with Crippen LogP contribution in [-0.2, 0) is 9.09 Å². The second kappa shape index (κ2) is 7.18. The predicted molar refractivity (Wildman–Crippen MR) is 93.0 cm³/mol. The van der Waals surface area contributed by atoms with Crippen LogP contribution in [0.15, 0.2) is 48.5 Å². The maximum atomic E-state index is 13.3. The molecule has 0 heterocycles. The van der Waals surface area contributed by atoms with Crippen LogP contribution < -0.4 is 14.9 Å². The summed E-state index contributed by atoms with van der Waals surface area (Å²) in [7, 11) is 3.21. The number of methoxy groups -OCH3 is 1. The van der Waals surface area contributed by atoms with E-state index < -0.39 is 13.2 Å². The number of hydrogen-bond acceptors (Lipinski definition) is 5. The maximum Gasteiger partial charge on any atom is 0.264 e. The number of para-hydroxylation sites is 1. The van der Waals surface area contributed by atoms with Gasteiger partial charge in [-0.25, -0.2) is 0 Å². The van der Waals surface area contributed by atoms with Gasteiger partial charge in [-0.2, -0.15) is 0 Å². The van der Waals surface area contributed by atoms with Crippen molar-refractivity contribution in [2.75, 3.05) is 33.2 Å². The number of aliphatic hydroxyl groups excluding tert-OH is 1. The third-order valence-corrected chi connectivity index (χ3v) is 6.22. The van der Waals surface area contributed by atoms with Crippen LogP contribution in [0.5, 0.6) is 5.75 Å². The largest absolute Gasteiger partial charge is 0.496 e. The third-order valence-electron chi connectivity index (χ3n) is 3.74. The first-order valence-electron chi connectivity index (χ1n) is 7.18. The first-order chi connectivity index (χ1) is 10.9. The summed E-state index contributed by atoms with van der Waals surface area (Å²) < 4.78 is 23.8. The summed E-state index contributed by atoms with van der Waals surface area (Å²) in [6, 6.07) is 14.1. The SMILES string of the molecule is COc1ccccc1[C@@H](O)[P@@](=O)(OC)c1ccc(N(C)C)cc1. The summed E-state index contributed by atoms with van der Waals surface area (Å²) >= 11 is 0. The van der Waals surface area contributed by atoms with Crippen molar-refractivity contribution in [2.24, 2.45) is 0 Å². The number of ether oxygens (including phenoxy) is 1. The van der Waals surface area contributed by atoms with Gasteiger partial charge in [0.25, 0.3) is 7.37 Å². The van der Waals surface area contributed by atoms with Crippen LogP contribution in [-0.4, -0.2) is 33.4 Å². The van der Waals surface area contributed by atoms with Crippen LogP contribution in [0.3, 0.4) is 0 Å². The van der Waals surface area contributed by atoms with Gasteiger partial charge in [-0.15, -0.1) is 0 Å². The van der Waals surface area contributed by atoms with Crippen molar-refractivity contribution < 1.29 is 18.9 Å².